The minimum absolute atomic E-state index is 0.306. The fourth-order valence-electron chi connectivity index (χ4n) is 2.74. The Hall–Kier alpha value is -1.51. The van der Waals surface area contributed by atoms with E-state index in [2.05, 4.69) is 50.8 Å². The first kappa shape index (κ1) is 14.9. The van der Waals surface area contributed by atoms with Crippen molar-refractivity contribution in [3.8, 4) is 0 Å². The number of rotatable bonds is 3. The summed E-state index contributed by atoms with van der Waals surface area (Å²) in [5.74, 6) is 0.750. The Morgan fingerprint density at radius 3 is 2.40 bits per heavy atom. The molecule has 1 aromatic carbocycles. The van der Waals surface area contributed by atoms with Crippen LogP contribution in [0.5, 0.6) is 0 Å². The van der Waals surface area contributed by atoms with E-state index in [1.165, 1.54) is 16.8 Å². The van der Waals surface area contributed by atoms with Gasteiger partial charge in [0.15, 0.2) is 0 Å². The lowest BCUT2D eigenvalue weighted by Gasteiger charge is -2.37. The van der Waals surface area contributed by atoms with Crippen LogP contribution >= 0.6 is 0 Å². The Morgan fingerprint density at radius 2 is 1.80 bits per heavy atom. The van der Waals surface area contributed by atoms with Gasteiger partial charge in [-0.3, -0.25) is 4.79 Å². The Kier molecular flexibility index (Phi) is 4.69. The summed E-state index contributed by atoms with van der Waals surface area (Å²) in [4.78, 5) is 16.5. The van der Waals surface area contributed by atoms with Crippen molar-refractivity contribution in [2.75, 3.05) is 31.1 Å². The number of aryl methyl sites for hydroxylation is 2. The molecule has 0 spiro atoms. The van der Waals surface area contributed by atoms with Gasteiger partial charge in [-0.25, -0.2) is 0 Å². The van der Waals surface area contributed by atoms with Crippen LogP contribution in [0.3, 0.4) is 0 Å². The van der Waals surface area contributed by atoms with E-state index >= 15 is 0 Å². The van der Waals surface area contributed by atoms with Crippen LogP contribution in [-0.2, 0) is 4.79 Å². The molecule has 0 aromatic heterocycles. The van der Waals surface area contributed by atoms with Crippen LogP contribution in [0.1, 0.15) is 31.4 Å². The second-order valence-electron chi connectivity index (χ2n) is 6.26. The number of nitrogens with zero attached hydrogens (tertiary/aromatic N) is 2. The molecular formula is C17H26N2O. The third kappa shape index (κ3) is 3.53. The average molecular weight is 274 g/mol. The van der Waals surface area contributed by atoms with E-state index < -0.39 is 0 Å². The highest BCUT2D eigenvalue weighted by molar-refractivity contribution is 5.76. The Labute approximate surface area is 122 Å². The monoisotopic (exact) mass is 274 g/mol. The van der Waals surface area contributed by atoms with Crippen LogP contribution in [0.25, 0.3) is 0 Å². The molecule has 1 fully saturated rings. The fraction of sp³-hybridized carbons (Fsp3) is 0.588. The maximum absolute atomic E-state index is 12.1. The van der Waals surface area contributed by atoms with E-state index in [9.17, 15) is 4.79 Å². The summed E-state index contributed by atoms with van der Waals surface area (Å²) in [5.41, 5.74) is 3.93. The maximum Gasteiger partial charge on any atom is 0.222 e. The molecule has 1 saturated heterocycles. The summed E-state index contributed by atoms with van der Waals surface area (Å²) < 4.78 is 0. The van der Waals surface area contributed by atoms with Crippen molar-refractivity contribution in [3.63, 3.8) is 0 Å². The number of amides is 1. The number of piperazine rings is 1. The van der Waals surface area contributed by atoms with Gasteiger partial charge in [0.2, 0.25) is 5.91 Å². The Balaban J connectivity index is 1.97. The molecule has 3 nitrogen and oxygen atoms in total. The standard InChI is InChI=1S/C17H26N2O/c1-13(2)11-17(20)19-9-7-18(8-10-19)16-12-14(3)5-6-15(16)4/h5-6,12-13H,7-11H2,1-4H3. The summed E-state index contributed by atoms with van der Waals surface area (Å²) in [6.45, 7) is 12.1. The molecule has 20 heavy (non-hydrogen) atoms. The zero-order valence-corrected chi connectivity index (χ0v) is 13.1. The van der Waals surface area contributed by atoms with Crippen molar-refractivity contribution in [2.45, 2.75) is 34.1 Å². The Morgan fingerprint density at radius 1 is 1.15 bits per heavy atom. The quantitative estimate of drug-likeness (QED) is 0.846. The third-order valence-corrected chi connectivity index (χ3v) is 3.92. The van der Waals surface area contributed by atoms with Crippen molar-refractivity contribution >= 4 is 11.6 Å². The molecule has 1 heterocycles. The smallest absolute Gasteiger partial charge is 0.222 e. The zero-order chi connectivity index (χ0) is 14.7. The average Bonchev–Trinajstić information content (AvgIpc) is 2.41. The molecule has 2 rings (SSSR count). The van der Waals surface area contributed by atoms with E-state index in [0.717, 1.165) is 26.2 Å². The van der Waals surface area contributed by atoms with Gasteiger partial charge in [0, 0.05) is 38.3 Å². The van der Waals surface area contributed by atoms with Crippen LogP contribution in [-0.4, -0.2) is 37.0 Å². The first-order valence-electron chi connectivity index (χ1n) is 7.57. The SMILES string of the molecule is Cc1ccc(C)c(N2CCN(C(=O)CC(C)C)CC2)c1. The first-order chi connectivity index (χ1) is 9.47. The van der Waals surface area contributed by atoms with E-state index in [1.54, 1.807) is 0 Å². The molecule has 0 saturated carbocycles. The largest absolute Gasteiger partial charge is 0.368 e. The van der Waals surface area contributed by atoms with Gasteiger partial charge in [0.05, 0.1) is 0 Å². The topological polar surface area (TPSA) is 23.6 Å². The number of benzene rings is 1. The number of carbonyl (C=O) groups is 1. The molecule has 1 aliphatic rings. The van der Waals surface area contributed by atoms with Gasteiger partial charge in [0.1, 0.15) is 0 Å². The molecule has 3 heteroatoms. The second kappa shape index (κ2) is 6.29. The normalized spacial score (nSPS) is 15.8. The molecular weight excluding hydrogens is 248 g/mol. The van der Waals surface area contributed by atoms with Crippen molar-refractivity contribution in [2.24, 2.45) is 5.92 Å². The molecule has 0 N–H and O–H groups in total. The summed E-state index contributed by atoms with van der Waals surface area (Å²) >= 11 is 0. The van der Waals surface area contributed by atoms with E-state index in [-0.39, 0.29) is 0 Å². The summed E-state index contributed by atoms with van der Waals surface area (Å²) in [7, 11) is 0. The van der Waals surface area contributed by atoms with E-state index in [1.807, 2.05) is 4.90 Å². The van der Waals surface area contributed by atoms with Crippen LogP contribution in [0.15, 0.2) is 18.2 Å². The maximum atomic E-state index is 12.1. The predicted octanol–water partition coefficient (Wildman–Crippen LogP) is 3.00. The molecule has 1 aromatic rings. The molecule has 0 radical (unpaired) electrons. The molecule has 0 atom stereocenters. The van der Waals surface area contributed by atoms with Crippen LogP contribution < -0.4 is 4.90 Å². The van der Waals surface area contributed by atoms with Crippen molar-refractivity contribution in [1.29, 1.82) is 0 Å². The van der Waals surface area contributed by atoms with Gasteiger partial charge >= 0.3 is 0 Å². The Bertz CT molecular complexity index is 474. The summed E-state index contributed by atoms with van der Waals surface area (Å²) in [6.07, 6.45) is 0.670. The van der Waals surface area contributed by atoms with Crippen molar-refractivity contribution in [1.82, 2.24) is 4.90 Å². The minimum atomic E-state index is 0.306. The van der Waals surface area contributed by atoms with Gasteiger partial charge in [-0.2, -0.15) is 0 Å². The third-order valence-electron chi connectivity index (χ3n) is 3.92. The highest BCUT2D eigenvalue weighted by Gasteiger charge is 2.22. The van der Waals surface area contributed by atoms with Crippen molar-refractivity contribution in [3.05, 3.63) is 29.3 Å². The van der Waals surface area contributed by atoms with Crippen molar-refractivity contribution < 1.29 is 4.79 Å². The lowest BCUT2D eigenvalue weighted by molar-refractivity contribution is -0.132. The van der Waals surface area contributed by atoms with Gasteiger partial charge in [-0.05, 0) is 37.0 Å². The first-order valence-corrected chi connectivity index (χ1v) is 7.57. The molecule has 0 bridgehead atoms. The summed E-state index contributed by atoms with van der Waals surface area (Å²) in [6, 6.07) is 6.59. The zero-order valence-electron chi connectivity index (χ0n) is 13.1. The minimum Gasteiger partial charge on any atom is -0.368 e. The van der Waals surface area contributed by atoms with Crippen LogP contribution in [0, 0.1) is 19.8 Å². The molecule has 0 unspecified atom stereocenters. The van der Waals surface area contributed by atoms with E-state index in [0.29, 0.717) is 18.2 Å². The molecule has 1 aliphatic heterocycles. The van der Waals surface area contributed by atoms with Gasteiger partial charge < -0.3 is 9.80 Å². The molecule has 0 aliphatic carbocycles. The van der Waals surface area contributed by atoms with Crippen LogP contribution in [0.4, 0.5) is 5.69 Å². The van der Waals surface area contributed by atoms with E-state index in [4.69, 9.17) is 0 Å². The number of anilines is 1. The van der Waals surface area contributed by atoms with Gasteiger partial charge in [-0.15, -0.1) is 0 Å². The number of carbonyl (C=O) groups excluding carboxylic acids is 1. The lowest BCUT2D eigenvalue weighted by atomic mass is 10.1. The predicted molar refractivity (Wildman–Crippen MR) is 84.2 cm³/mol. The number of hydrogen-bond acceptors (Lipinski definition) is 2. The number of hydrogen-bond donors (Lipinski definition) is 0. The van der Waals surface area contributed by atoms with Crippen LogP contribution in [0.2, 0.25) is 0 Å². The second-order valence-corrected chi connectivity index (χ2v) is 6.26. The van der Waals surface area contributed by atoms with Gasteiger partial charge in [-0.1, -0.05) is 26.0 Å². The summed E-state index contributed by atoms with van der Waals surface area (Å²) in [5, 5.41) is 0. The fourth-order valence-corrected chi connectivity index (χ4v) is 2.74. The highest BCUT2D eigenvalue weighted by Crippen LogP contribution is 2.23. The molecule has 110 valence electrons. The lowest BCUT2D eigenvalue weighted by Crippen LogP contribution is -2.49. The highest BCUT2D eigenvalue weighted by atomic mass is 16.2. The van der Waals surface area contributed by atoms with Gasteiger partial charge in [0.25, 0.3) is 0 Å². The molecule has 1 amide bonds.